The predicted molar refractivity (Wildman–Crippen MR) is 168 cm³/mol. The topological polar surface area (TPSA) is 125 Å². The van der Waals surface area contributed by atoms with Crippen LogP contribution in [0.25, 0.3) is 11.1 Å². The van der Waals surface area contributed by atoms with Gasteiger partial charge < -0.3 is 30.0 Å². The zero-order valence-electron chi connectivity index (χ0n) is 25.0. The molecule has 0 saturated heterocycles. The largest absolute Gasteiger partial charge is 0.538 e. The van der Waals surface area contributed by atoms with Crippen molar-refractivity contribution < 1.29 is 42.5 Å². The van der Waals surface area contributed by atoms with Gasteiger partial charge in [-0.1, -0.05) is 18.7 Å². The van der Waals surface area contributed by atoms with E-state index in [1.807, 2.05) is 53.5 Å². The monoisotopic (exact) mass is 612 g/mol. The Morgan fingerprint density at radius 2 is 1.51 bits per heavy atom. The van der Waals surface area contributed by atoms with Gasteiger partial charge in [0.2, 0.25) is 5.91 Å². The van der Waals surface area contributed by atoms with E-state index in [1.165, 1.54) is 18.2 Å². The molecule has 0 spiro atoms. The highest BCUT2D eigenvalue weighted by molar-refractivity contribution is 6.17. The first-order valence-electron chi connectivity index (χ1n) is 14.4. The molecule has 0 atom stereocenters. The number of nitrogens with one attached hydrogen (secondary N) is 2. The number of carbonyl (C=O) groups is 2. The van der Waals surface area contributed by atoms with Gasteiger partial charge in [-0.2, -0.15) is 4.57 Å². The number of benzene rings is 2. The van der Waals surface area contributed by atoms with Crippen LogP contribution in [0.2, 0.25) is 0 Å². The number of aromatic nitrogens is 2. The van der Waals surface area contributed by atoms with Crippen LogP contribution in [0.15, 0.2) is 97.6 Å². The minimum absolute atomic E-state index is 0.169. The quantitative estimate of drug-likeness (QED) is 0.0694. The standard InChI is InChI=1S/C32H33B2FN4O6/c1-22(2)31(40)36-12-5-13-37-32(41)27-16-25(19-39(21-27)20-26-17-28(35)8-9-30(26)45-34-43)23-10-14-38(15-11-23)18-24-6-3-4-7-29(24)44-33-42/h3-4,6-11,14-17,19,21,33-34,42-43H,1,5,12-13,18,20H2,2H3/p+2. The van der Waals surface area contributed by atoms with Crippen LogP contribution in [-0.4, -0.2) is 50.3 Å². The van der Waals surface area contributed by atoms with Crippen LogP contribution in [0, 0.1) is 5.82 Å². The number of amides is 2. The number of hydrogen-bond donors (Lipinski definition) is 4. The van der Waals surface area contributed by atoms with Crippen molar-refractivity contribution in [1.29, 1.82) is 0 Å². The highest BCUT2D eigenvalue weighted by atomic mass is 19.1. The molecular weight excluding hydrogens is 577 g/mol. The summed E-state index contributed by atoms with van der Waals surface area (Å²) >= 11 is 0. The normalized spacial score (nSPS) is 10.5. The summed E-state index contributed by atoms with van der Waals surface area (Å²) in [5, 5.41) is 24.1. The van der Waals surface area contributed by atoms with Crippen LogP contribution in [0.4, 0.5) is 4.39 Å². The van der Waals surface area contributed by atoms with Gasteiger partial charge in [-0.05, 0) is 55.3 Å². The van der Waals surface area contributed by atoms with E-state index in [-0.39, 0.29) is 18.4 Å². The molecule has 2 aromatic carbocycles. The van der Waals surface area contributed by atoms with Crippen molar-refractivity contribution in [2.24, 2.45) is 0 Å². The smallest absolute Gasteiger partial charge is 0.504 e. The average Bonchev–Trinajstić information content (AvgIpc) is 3.03. The Morgan fingerprint density at radius 3 is 2.22 bits per heavy atom. The first kappa shape index (κ1) is 32.9. The fourth-order valence-corrected chi connectivity index (χ4v) is 4.63. The number of hydrogen-bond acceptors (Lipinski definition) is 6. The SMILES string of the molecule is C=C(C)C(=O)NCCCNC(=O)c1cc(-c2cc[n+](Cc3ccccc3OBO)cc2)c[n+](Cc2cc(F)ccc2OBO)c1. The van der Waals surface area contributed by atoms with E-state index in [2.05, 4.69) is 17.2 Å². The van der Waals surface area contributed by atoms with Crippen molar-refractivity contribution >= 4 is 27.2 Å². The Kier molecular flexibility index (Phi) is 11.8. The number of halogens is 1. The average molecular weight is 612 g/mol. The van der Waals surface area contributed by atoms with Gasteiger partial charge in [-0.15, -0.1) is 0 Å². The van der Waals surface area contributed by atoms with E-state index < -0.39 is 21.2 Å². The molecule has 45 heavy (non-hydrogen) atoms. The van der Waals surface area contributed by atoms with Crippen molar-refractivity contribution in [3.05, 3.63) is 120 Å². The molecule has 2 amide bonds. The highest BCUT2D eigenvalue weighted by Crippen LogP contribution is 2.22. The van der Waals surface area contributed by atoms with E-state index >= 15 is 0 Å². The maximum atomic E-state index is 14.2. The molecule has 4 aromatic rings. The minimum Gasteiger partial charge on any atom is -0.538 e. The maximum absolute atomic E-state index is 14.2. The lowest BCUT2D eigenvalue weighted by Crippen LogP contribution is -2.37. The van der Waals surface area contributed by atoms with Crippen LogP contribution in [0.1, 0.15) is 34.8 Å². The fraction of sp³-hybridized carbons (Fsp3) is 0.188. The van der Waals surface area contributed by atoms with Gasteiger partial charge >= 0.3 is 15.4 Å². The molecule has 0 aliphatic carbocycles. The summed E-state index contributed by atoms with van der Waals surface area (Å²) in [4.78, 5) is 24.9. The van der Waals surface area contributed by atoms with Crippen LogP contribution < -0.4 is 29.1 Å². The molecule has 0 saturated carbocycles. The van der Waals surface area contributed by atoms with Gasteiger partial charge in [0, 0.05) is 36.4 Å². The van der Waals surface area contributed by atoms with Crippen LogP contribution in [-0.2, 0) is 17.9 Å². The lowest BCUT2D eigenvalue weighted by molar-refractivity contribution is -0.688. The summed E-state index contributed by atoms with van der Waals surface area (Å²) in [7, 11) is -0.982. The molecule has 0 aliphatic rings. The second-order valence-corrected chi connectivity index (χ2v) is 10.3. The molecule has 0 unspecified atom stereocenters. The van der Waals surface area contributed by atoms with Gasteiger partial charge in [0.05, 0.1) is 11.1 Å². The van der Waals surface area contributed by atoms with E-state index in [4.69, 9.17) is 9.31 Å². The number of para-hydroxylation sites is 1. The van der Waals surface area contributed by atoms with Gasteiger partial charge in [0.25, 0.3) is 5.91 Å². The molecule has 2 heterocycles. The molecule has 0 aliphatic heterocycles. The van der Waals surface area contributed by atoms with Crippen molar-refractivity contribution in [3.63, 3.8) is 0 Å². The van der Waals surface area contributed by atoms with E-state index in [1.54, 1.807) is 29.8 Å². The fourth-order valence-electron chi connectivity index (χ4n) is 4.63. The zero-order valence-corrected chi connectivity index (χ0v) is 25.0. The number of pyridine rings is 2. The summed E-state index contributed by atoms with van der Waals surface area (Å²) in [5.41, 5.74) is 3.76. The second kappa shape index (κ2) is 16.2. The summed E-state index contributed by atoms with van der Waals surface area (Å²) in [6.45, 7) is 6.64. The van der Waals surface area contributed by atoms with E-state index in [0.29, 0.717) is 54.3 Å². The maximum Gasteiger partial charge on any atom is 0.504 e. The lowest BCUT2D eigenvalue weighted by atomic mass is 10.1. The molecule has 0 fully saturated rings. The third-order valence-electron chi connectivity index (χ3n) is 6.86. The third kappa shape index (κ3) is 9.49. The molecular formula is C32H35B2FN4O6+2. The second-order valence-electron chi connectivity index (χ2n) is 10.3. The summed E-state index contributed by atoms with van der Waals surface area (Å²) in [6.07, 6.45) is 7.85. The minimum atomic E-state index is -0.565. The van der Waals surface area contributed by atoms with Crippen molar-refractivity contribution in [1.82, 2.24) is 10.6 Å². The summed E-state index contributed by atoms with van der Waals surface area (Å²) in [5.74, 6) is -0.0807. The molecule has 230 valence electrons. The third-order valence-corrected chi connectivity index (χ3v) is 6.86. The van der Waals surface area contributed by atoms with Crippen LogP contribution in [0.5, 0.6) is 11.5 Å². The number of carbonyl (C=O) groups excluding carboxylic acids is 2. The van der Waals surface area contributed by atoms with Crippen LogP contribution >= 0.6 is 0 Å². The van der Waals surface area contributed by atoms with Gasteiger partial charge in [0.15, 0.2) is 37.9 Å². The molecule has 0 bridgehead atoms. The van der Waals surface area contributed by atoms with Gasteiger partial charge in [-0.3, -0.25) is 9.59 Å². The molecule has 0 radical (unpaired) electrons. The van der Waals surface area contributed by atoms with Gasteiger partial charge in [-0.25, -0.2) is 8.96 Å². The predicted octanol–water partition coefficient (Wildman–Crippen LogP) is 1.25. The van der Waals surface area contributed by atoms with Crippen molar-refractivity contribution in [2.75, 3.05) is 13.1 Å². The molecule has 2 aromatic heterocycles. The van der Waals surface area contributed by atoms with Crippen molar-refractivity contribution in [3.8, 4) is 22.6 Å². The summed E-state index contributed by atoms with van der Waals surface area (Å²) in [6, 6.07) is 17.1. The van der Waals surface area contributed by atoms with E-state index in [0.717, 1.165) is 16.7 Å². The first-order valence-corrected chi connectivity index (χ1v) is 14.4. The lowest BCUT2D eigenvalue weighted by Gasteiger charge is -2.10. The molecule has 4 rings (SSSR count). The molecule has 13 heteroatoms. The first-order chi connectivity index (χ1) is 21.8. The number of nitrogens with zero attached hydrogens (tertiary/aromatic N) is 2. The van der Waals surface area contributed by atoms with Gasteiger partial charge in [0.1, 0.15) is 22.9 Å². The Bertz CT molecular complexity index is 1660. The van der Waals surface area contributed by atoms with Crippen molar-refractivity contribution in [2.45, 2.75) is 26.4 Å². The Hall–Kier alpha value is -5.00. The highest BCUT2D eigenvalue weighted by Gasteiger charge is 2.19. The molecule has 4 N–H and O–H groups in total. The summed E-state index contributed by atoms with van der Waals surface area (Å²) < 4.78 is 28.5. The Balaban J connectivity index is 1.58. The van der Waals surface area contributed by atoms with E-state index in [9.17, 15) is 24.0 Å². The Labute approximate surface area is 262 Å². The molecule has 10 nitrogen and oxygen atoms in total. The van der Waals surface area contributed by atoms with Crippen LogP contribution in [0.3, 0.4) is 0 Å². The number of rotatable bonds is 15. The Morgan fingerprint density at radius 1 is 0.844 bits per heavy atom. The zero-order chi connectivity index (χ0) is 32.2.